The van der Waals surface area contributed by atoms with Gasteiger partial charge in [0.05, 0.1) is 0 Å². The molecular formula is C13H15BrClN3OS. The van der Waals surface area contributed by atoms with Crippen molar-refractivity contribution >= 4 is 49.5 Å². The minimum Gasteiger partial charge on any atom is -0.309 e. The summed E-state index contributed by atoms with van der Waals surface area (Å²) in [6, 6.07) is 2.32. The van der Waals surface area contributed by atoms with E-state index < -0.39 is 10.8 Å². The Labute approximate surface area is 133 Å². The second-order valence-electron chi connectivity index (χ2n) is 4.91. The largest absolute Gasteiger partial charge is 0.309 e. The molecule has 1 fully saturated rings. The molecule has 0 radical (unpaired) electrons. The van der Waals surface area contributed by atoms with Crippen LogP contribution in [0.1, 0.15) is 24.7 Å². The first-order valence-corrected chi connectivity index (χ1v) is 9.44. The van der Waals surface area contributed by atoms with Crippen LogP contribution < -0.4 is 0 Å². The number of alkyl halides is 1. The van der Waals surface area contributed by atoms with Crippen LogP contribution in [0.2, 0.25) is 0 Å². The zero-order chi connectivity index (χ0) is 14.1. The molecule has 1 aliphatic heterocycles. The standard InChI is InChI=1S/C13H15BrClN3OS/c14-9-7-11-13(16-8-9)18(12(17-11)1-4-15)10-2-5-20(19)6-3-10/h7-8,10H,1-6H2. The van der Waals surface area contributed by atoms with Gasteiger partial charge in [0.15, 0.2) is 5.65 Å². The maximum absolute atomic E-state index is 11.5. The van der Waals surface area contributed by atoms with Crippen LogP contribution in [0.5, 0.6) is 0 Å². The Morgan fingerprint density at radius 1 is 1.45 bits per heavy atom. The highest BCUT2D eigenvalue weighted by atomic mass is 79.9. The van der Waals surface area contributed by atoms with Crippen LogP contribution in [-0.4, -0.2) is 36.1 Å². The molecule has 0 N–H and O–H groups in total. The second kappa shape index (κ2) is 6.12. The van der Waals surface area contributed by atoms with Crippen molar-refractivity contribution in [2.45, 2.75) is 25.3 Å². The van der Waals surface area contributed by atoms with Gasteiger partial charge in [0.2, 0.25) is 0 Å². The fourth-order valence-electron chi connectivity index (χ4n) is 2.69. The molecule has 0 unspecified atom stereocenters. The van der Waals surface area contributed by atoms with E-state index >= 15 is 0 Å². The van der Waals surface area contributed by atoms with Gasteiger partial charge in [0.25, 0.3) is 0 Å². The van der Waals surface area contributed by atoms with Gasteiger partial charge in [0.1, 0.15) is 11.3 Å². The summed E-state index contributed by atoms with van der Waals surface area (Å²) in [7, 11) is -0.658. The summed E-state index contributed by atoms with van der Waals surface area (Å²) >= 11 is 9.33. The molecule has 4 nitrogen and oxygen atoms in total. The molecule has 1 saturated heterocycles. The maximum atomic E-state index is 11.5. The summed E-state index contributed by atoms with van der Waals surface area (Å²) in [6.45, 7) is 0. The molecule has 108 valence electrons. The lowest BCUT2D eigenvalue weighted by Gasteiger charge is -2.24. The summed E-state index contributed by atoms with van der Waals surface area (Å²) in [4.78, 5) is 9.18. The van der Waals surface area contributed by atoms with Crippen molar-refractivity contribution in [3.05, 3.63) is 22.6 Å². The van der Waals surface area contributed by atoms with E-state index in [1.165, 1.54) is 0 Å². The molecule has 0 amide bonds. The van der Waals surface area contributed by atoms with Crippen LogP contribution in [0.25, 0.3) is 11.2 Å². The number of pyridine rings is 1. The third-order valence-electron chi connectivity index (χ3n) is 3.61. The summed E-state index contributed by atoms with van der Waals surface area (Å²) in [5, 5.41) is 0. The smallest absolute Gasteiger partial charge is 0.160 e. The Balaban J connectivity index is 2.06. The van der Waals surface area contributed by atoms with Crippen molar-refractivity contribution in [1.82, 2.24) is 14.5 Å². The molecule has 20 heavy (non-hydrogen) atoms. The van der Waals surface area contributed by atoms with Gasteiger partial charge < -0.3 is 4.57 Å². The first kappa shape index (κ1) is 14.5. The minimum absolute atomic E-state index is 0.338. The van der Waals surface area contributed by atoms with E-state index in [4.69, 9.17) is 11.6 Å². The average Bonchev–Trinajstić information content (AvgIpc) is 2.77. The molecule has 0 aromatic carbocycles. The number of imidazole rings is 1. The number of hydrogen-bond acceptors (Lipinski definition) is 3. The average molecular weight is 377 g/mol. The molecule has 2 aromatic rings. The first-order valence-electron chi connectivity index (χ1n) is 6.62. The summed E-state index contributed by atoms with van der Waals surface area (Å²) in [5.41, 5.74) is 1.80. The first-order chi connectivity index (χ1) is 9.69. The highest BCUT2D eigenvalue weighted by Gasteiger charge is 2.24. The number of halogens is 2. The Bertz CT molecular complexity index is 650. The van der Waals surface area contributed by atoms with E-state index in [0.717, 1.165) is 52.2 Å². The van der Waals surface area contributed by atoms with E-state index in [1.807, 2.05) is 6.07 Å². The minimum atomic E-state index is -0.658. The lowest BCUT2D eigenvalue weighted by Crippen LogP contribution is -2.23. The second-order valence-corrected chi connectivity index (χ2v) is 7.90. The number of nitrogens with zero attached hydrogens (tertiary/aromatic N) is 3. The number of rotatable bonds is 3. The van der Waals surface area contributed by atoms with Gasteiger partial charge in [-0.3, -0.25) is 4.21 Å². The quantitative estimate of drug-likeness (QED) is 0.774. The van der Waals surface area contributed by atoms with Gasteiger partial charge >= 0.3 is 0 Å². The summed E-state index contributed by atoms with van der Waals surface area (Å²) in [5.74, 6) is 3.06. The van der Waals surface area contributed by atoms with Crippen molar-refractivity contribution in [2.75, 3.05) is 17.4 Å². The predicted molar refractivity (Wildman–Crippen MR) is 85.8 cm³/mol. The third kappa shape index (κ3) is 2.78. The van der Waals surface area contributed by atoms with Gasteiger partial charge in [-0.2, -0.15) is 0 Å². The SMILES string of the molecule is O=S1CCC(n2c(CCCl)nc3cc(Br)cnc32)CC1. The van der Waals surface area contributed by atoms with Gasteiger partial charge in [-0.25, -0.2) is 9.97 Å². The maximum Gasteiger partial charge on any atom is 0.160 e. The number of hydrogen-bond donors (Lipinski definition) is 0. The zero-order valence-corrected chi connectivity index (χ0v) is 14.0. The van der Waals surface area contributed by atoms with Crippen molar-refractivity contribution in [1.29, 1.82) is 0 Å². The Hall–Kier alpha value is -0.460. The van der Waals surface area contributed by atoms with Crippen LogP contribution in [0.15, 0.2) is 16.7 Å². The zero-order valence-electron chi connectivity index (χ0n) is 10.9. The van der Waals surface area contributed by atoms with Crippen LogP contribution >= 0.6 is 27.5 Å². The van der Waals surface area contributed by atoms with Gasteiger partial charge in [-0.1, -0.05) is 0 Å². The topological polar surface area (TPSA) is 47.8 Å². The summed E-state index contributed by atoms with van der Waals surface area (Å²) in [6.07, 6.45) is 4.37. The van der Waals surface area contributed by atoms with E-state index in [1.54, 1.807) is 6.20 Å². The third-order valence-corrected chi connectivity index (χ3v) is 5.62. The fraction of sp³-hybridized carbons (Fsp3) is 0.538. The Kier molecular flexibility index (Phi) is 4.43. The number of aromatic nitrogens is 3. The lowest BCUT2D eigenvalue weighted by atomic mass is 10.1. The van der Waals surface area contributed by atoms with Crippen molar-refractivity contribution in [2.24, 2.45) is 0 Å². The molecule has 0 spiro atoms. The predicted octanol–water partition coefficient (Wildman–Crippen LogP) is 3.06. The highest BCUT2D eigenvalue weighted by molar-refractivity contribution is 9.10. The molecule has 3 rings (SSSR count). The molecule has 0 bridgehead atoms. The highest BCUT2D eigenvalue weighted by Crippen LogP contribution is 2.29. The van der Waals surface area contributed by atoms with Gasteiger partial charge in [-0.15, -0.1) is 11.6 Å². The number of fused-ring (bicyclic) bond motifs is 1. The normalized spacial score (nSPS) is 23.3. The fourth-order valence-corrected chi connectivity index (χ4v) is 4.45. The van der Waals surface area contributed by atoms with E-state index in [9.17, 15) is 4.21 Å². The van der Waals surface area contributed by atoms with Gasteiger partial charge in [-0.05, 0) is 34.8 Å². The Morgan fingerprint density at radius 3 is 2.90 bits per heavy atom. The van der Waals surface area contributed by atoms with E-state index in [2.05, 4.69) is 30.5 Å². The van der Waals surface area contributed by atoms with Crippen LogP contribution in [0, 0.1) is 0 Å². The molecule has 0 saturated carbocycles. The molecular weight excluding hydrogens is 362 g/mol. The molecule has 0 atom stereocenters. The van der Waals surface area contributed by atoms with Crippen molar-refractivity contribution in [3.8, 4) is 0 Å². The monoisotopic (exact) mass is 375 g/mol. The molecule has 0 aliphatic carbocycles. The number of aryl methyl sites for hydroxylation is 1. The van der Waals surface area contributed by atoms with Crippen LogP contribution in [0.3, 0.4) is 0 Å². The van der Waals surface area contributed by atoms with Crippen molar-refractivity contribution in [3.63, 3.8) is 0 Å². The van der Waals surface area contributed by atoms with Crippen molar-refractivity contribution < 1.29 is 4.21 Å². The van der Waals surface area contributed by atoms with Crippen LogP contribution in [-0.2, 0) is 17.2 Å². The Morgan fingerprint density at radius 2 is 2.20 bits per heavy atom. The molecule has 7 heteroatoms. The molecule has 1 aliphatic rings. The van der Waals surface area contributed by atoms with E-state index in [0.29, 0.717) is 11.9 Å². The lowest BCUT2D eigenvalue weighted by molar-refractivity contribution is 0.457. The van der Waals surface area contributed by atoms with E-state index in [-0.39, 0.29) is 0 Å². The van der Waals surface area contributed by atoms with Gasteiger partial charge in [0, 0.05) is 51.3 Å². The summed E-state index contributed by atoms with van der Waals surface area (Å²) < 4.78 is 14.7. The van der Waals surface area contributed by atoms with Crippen LogP contribution in [0.4, 0.5) is 0 Å². The molecule has 2 aromatic heterocycles. The molecule has 3 heterocycles.